The van der Waals surface area contributed by atoms with Crippen LogP contribution in [0.4, 0.5) is 0 Å². The maximum atomic E-state index is 12.4. The molecule has 134 valence electrons. The molecule has 0 spiro atoms. The van der Waals surface area contributed by atoms with Crippen molar-refractivity contribution >= 4 is 17.5 Å². The molecule has 0 saturated heterocycles. The Kier molecular flexibility index (Phi) is 4.83. The summed E-state index contributed by atoms with van der Waals surface area (Å²) >= 11 is 0. The van der Waals surface area contributed by atoms with Gasteiger partial charge >= 0.3 is 5.97 Å². The Morgan fingerprint density at radius 3 is 2.65 bits per heavy atom. The lowest BCUT2D eigenvalue weighted by Gasteiger charge is -2.13. The smallest absolute Gasteiger partial charge is 0.325 e. The number of carbonyl (C=O) groups is 2. The SMILES string of the molecule is C[C@@H](NC(=O)c1c(O)cc(CCc2ccccc2)n2ncnc12)C(=O)O. The zero-order chi connectivity index (χ0) is 18.7. The van der Waals surface area contributed by atoms with Crippen LogP contribution in [0.2, 0.25) is 0 Å². The van der Waals surface area contributed by atoms with E-state index in [0.717, 1.165) is 12.0 Å². The summed E-state index contributed by atoms with van der Waals surface area (Å²) in [6.07, 6.45) is 2.61. The van der Waals surface area contributed by atoms with Crippen LogP contribution in [-0.2, 0) is 17.6 Å². The highest BCUT2D eigenvalue weighted by atomic mass is 16.4. The van der Waals surface area contributed by atoms with Crippen molar-refractivity contribution in [3.8, 4) is 5.75 Å². The van der Waals surface area contributed by atoms with E-state index in [2.05, 4.69) is 15.4 Å². The summed E-state index contributed by atoms with van der Waals surface area (Å²) in [5.41, 5.74) is 1.92. The van der Waals surface area contributed by atoms with Gasteiger partial charge in [-0.1, -0.05) is 30.3 Å². The first-order chi connectivity index (χ1) is 12.5. The Labute approximate surface area is 149 Å². The summed E-state index contributed by atoms with van der Waals surface area (Å²) in [6, 6.07) is 10.2. The number of aryl methyl sites for hydroxylation is 2. The van der Waals surface area contributed by atoms with Gasteiger partial charge in [-0.15, -0.1) is 0 Å². The van der Waals surface area contributed by atoms with Crippen molar-refractivity contribution in [1.82, 2.24) is 19.9 Å². The molecule has 8 heteroatoms. The molecule has 2 aromatic heterocycles. The molecule has 1 amide bonds. The van der Waals surface area contributed by atoms with E-state index in [1.54, 1.807) is 0 Å². The minimum absolute atomic E-state index is 0.0981. The first-order valence-corrected chi connectivity index (χ1v) is 8.09. The zero-order valence-corrected chi connectivity index (χ0v) is 14.1. The second-order valence-electron chi connectivity index (χ2n) is 5.91. The molecule has 0 fully saturated rings. The number of hydrogen-bond acceptors (Lipinski definition) is 5. The van der Waals surface area contributed by atoms with Gasteiger partial charge in [-0.25, -0.2) is 9.50 Å². The molecule has 1 atom stereocenters. The molecular formula is C18H18N4O4. The molecular weight excluding hydrogens is 336 g/mol. The van der Waals surface area contributed by atoms with Gasteiger partial charge in [-0.3, -0.25) is 9.59 Å². The molecule has 0 aliphatic rings. The van der Waals surface area contributed by atoms with Crippen LogP contribution in [0.25, 0.3) is 5.65 Å². The van der Waals surface area contributed by atoms with Crippen molar-refractivity contribution < 1.29 is 19.8 Å². The van der Waals surface area contributed by atoms with Crippen molar-refractivity contribution in [2.45, 2.75) is 25.8 Å². The Balaban J connectivity index is 1.91. The number of aromatic hydroxyl groups is 1. The van der Waals surface area contributed by atoms with Crippen LogP contribution in [-0.4, -0.2) is 42.7 Å². The highest BCUT2D eigenvalue weighted by molar-refractivity contribution is 6.03. The Morgan fingerprint density at radius 1 is 1.23 bits per heavy atom. The van der Waals surface area contributed by atoms with Gasteiger partial charge < -0.3 is 15.5 Å². The van der Waals surface area contributed by atoms with Crippen molar-refractivity contribution in [3.05, 3.63) is 59.5 Å². The molecule has 3 N–H and O–H groups in total. The molecule has 0 saturated carbocycles. The second-order valence-corrected chi connectivity index (χ2v) is 5.91. The molecule has 3 rings (SSSR count). The number of nitrogens with one attached hydrogen (secondary N) is 1. The van der Waals surface area contributed by atoms with E-state index in [9.17, 15) is 14.7 Å². The van der Waals surface area contributed by atoms with E-state index in [-0.39, 0.29) is 17.0 Å². The number of fused-ring (bicyclic) bond motifs is 1. The largest absolute Gasteiger partial charge is 0.507 e. The molecule has 3 aromatic rings. The third-order valence-electron chi connectivity index (χ3n) is 4.06. The Morgan fingerprint density at radius 2 is 1.96 bits per heavy atom. The number of carboxylic acids is 1. The fourth-order valence-corrected chi connectivity index (χ4v) is 2.67. The van der Waals surface area contributed by atoms with Crippen LogP contribution in [0.3, 0.4) is 0 Å². The minimum atomic E-state index is -1.17. The number of rotatable bonds is 6. The highest BCUT2D eigenvalue weighted by Crippen LogP contribution is 2.24. The number of amides is 1. The van der Waals surface area contributed by atoms with E-state index >= 15 is 0 Å². The van der Waals surface area contributed by atoms with Gasteiger partial charge in [-0.05, 0) is 25.3 Å². The fraction of sp³-hybridized carbons (Fsp3) is 0.222. The van der Waals surface area contributed by atoms with E-state index in [0.29, 0.717) is 12.1 Å². The number of aromatic nitrogens is 3. The van der Waals surface area contributed by atoms with E-state index in [1.165, 1.54) is 23.8 Å². The van der Waals surface area contributed by atoms with Crippen molar-refractivity contribution in [3.63, 3.8) is 0 Å². The molecule has 26 heavy (non-hydrogen) atoms. The van der Waals surface area contributed by atoms with Crippen LogP contribution in [0.1, 0.15) is 28.5 Å². The molecule has 2 heterocycles. The number of nitrogens with zero attached hydrogens (tertiary/aromatic N) is 3. The predicted octanol–water partition coefficient (Wildman–Crippen LogP) is 1.42. The first kappa shape index (κ1) is 17.4. The third kappa shape index (κ3) is 3.49. The average Bonchev–Trinajstić information content (AvgIpc) is 3.09. The van der Waals surface area contributed by atoms with Crippen LogP contribution in [0, 0.1) is 0 Å². The molecule has 0 unspecified atom stereocenters. The minimum Gasteiger partial charge on any atom is -0.507 e. The Bertz CT molecular complexity index is 952. The molecule has 0 aliphatic carbocycles. The maximum absolute atomic E-state index is 12.4. The summed E-state index contributed by atoms with van der Waals surface area (Å²) in [4.78, 5) is 27.3. The maximum Gasteiger partial charge on any atom is 0.325 e. The molecule has 0 aliphatic heterocycles. The monoisotopic (exact) mass is 354 g/mol. The standard InChI is InChI=1S/C18H18N4O4/c1-11(18(25)26)21-17(24)15-14(23)9-13(22-16(15)19-10-20-22)8-7-12-5-3-2-4-6-12/h2-6,9-11,23H,7-8H2,1H3,(H,21,24)(H,25,26)/t11-/m1/s1. The molecule has 8 nitrogen and oxygen atoms in total. The topological polar surface area (TPSA) is 117 Å². The van der Waals surface area contributed by atoms with Gasteiger partial charge in [0.1, 0.15) is 23.7 Å². The summed E-state index contributed by atoms with van der Waals surface area (Å²) in [7, 11) is 0. The van der Waals surface area contributed by atoms with Gasteiger partial charge in [0.25, 0.3) is 5.91 Å². The predicted molar refractivity (Wildman–Crippen MR) is 93.1 cm³/mol. The number of hydrogen-bond donors (Lipinski definition) is 3. The van der Waals surface area contributed by atoms with Crippen LogP contribution in [0.5, 0.6) is 5.75 Å². The lowest BCUT2D eigenvalue weighted by Crippen LogP contribution is -2.38. The number of carboxylic acid groups (broad SMARTS) is 1. The quantitative estimate of drug-likeness (QED) is 0.616. The zero-order valence-electron chi connectivity index (χ0n) is 14.1. The van der Waals surface area contributed by atoms with Crippen LogP contribution < -0.4 is 5.32 Å². The molecule has 1 aromatic carbocycles. The number of carbonyl (C=O) groups excluding carboxylic acids is 1. The van der Waals surface area contributed by atoms with Gasteiger partial charge in [0, 0.05) is 11.8 Å². The summed E-state index contributed by atoms with van der Waals surface area (Å²) < 4.78 is 1.49. The third-order valence-corrected chi connectivity index (χ3v) is 4.06. The van der Waals surface area contributed by atoms with Crippen molar-refractivity contribution in [2.75, 3.05) is 0 Å². The second kappa shape index (κ2) is 7.22. The van der Waals surface area contributed by atoms with Crippen molar-refractivity contribution in [2.24, 2.45) is 0 Å². The normalized spacial score (nSPS) is 12.0. The Hall–Kier alpha value is -3.42. The molecule has 0 radical (unpaired) electrons. The van der Waals surface area contributed by atoms with Crippen molar-refractivity contribution in [1.29, 1.82) is 0 Å². The van der Waals surface area contributed by atoms with E-state index in [4.69, 9.17) is 5.11 Å². The van der Waals surface area contributed by atoms with Gasteiger partial charge in [0.05, 0.1) is 0 Å². The van der Waals surface area contributed by atoms with E-state index < -0.39 is 17.9 Å². The summed E-state index contributed by atoms with van der Waals surface area (Å²) in [5, 5.41) is 25.7. The summed E-state index contributed by atoms with van der Waals surface area (Å²) in [5.74, 6) is -2.15. The van der Waals surface area contributed by atoms with Gasteiger partial charge in [0.15, 0.2) is 5.65 Å². The lowest BCUT2D eigenvalue weighted by molar-refractivity contribution is -0.138. The summed E-state index contributed by atoms with van der Waals surface area (Å²) in [6.45, 7) is 1.34. The van der Waals surface area contributed by atoms with Gasteiger partial charge in [-0.2, -0.15) is 5.10 Å². The fourth-order valence-electron chi connectivity index (χ4n) is 2.67. The van der Waals surface area contributed by atoms with E-state index in [1.807, 2.05) is 30.3 Å². The average molecular weight is 354 g/mol. The number of aliphatic carboxylic acids is 1. The van der Waals surface area contributed by atoms with Gasteiger partial charge in [0.2, 0.25) is 0 Å². The number of benzene rings is 1. The lowest BCUT2D eigenvalue weighted by atomic mass is 10.1. The highest BCUT2D eigenvalue weighted by Gasteiger charge is 2.23. The van der Waals surface area contributed by atoms with Crippen LogP contribution in [0.15, 0.2) is 42.7 Å². The molecule has 0 bridgehead atoms. The first-order valence-electron chi connectivity index (χ1n) is 8.09. The number of pyridine rings is 1. The van der Waals surface area contributed by atoms with Crippen LogP contribution >= 0.6 is 0 Å².